The number of hydrogen-bond acceptors (Lipinski definition) is 3. The molecular formula is C20H26N2O. The highest BCUT2D eigenvalue weighted by Gasteiger charge is 2.21. The van der Waals surface area contributed by atoms with E-state index in [4.69, 9.17) is 10.5 Å². The third-order valence-corrected chi connectivity index (χ3v) is 4.52. The van der Waals surface area contributed by atoms with Crippen molar-refractivity contribution in [3.8, 4) is 5.75 Å². The van der Waals surface area contributed by atoms with Gasteiger partial charge in [-0.1, -0.05) is 36.4 Å². The molecule has 0 amide bonds. The van der Waals surface area contributed by atoms with Crippen LogP contribution in [0.5, 0.6) is 5.75 Å². The van der Waals surface area contributed by atoms with Crippen LogP contribution in [0.15, 0.2) is 54.6 Å². The van der Waals surface area contributed by atoms with Gasteiger partial charge < -0.3 is 15.4 Å². The number of hydrogen-bond donors (Lipinski definition) is 1. The summed E-state index contributed by atoms with van der Waals surface area (Å²) in [7, 11) is 0. The van der Waals surface area contributed by atoms with Gasteiger partial charge in [-0.05, 0) is 49.4 Å². The molecule has 1 aliphatic rings. The molecule has 23 heavy (non-hydrogen) atoms. The van der Waals surface area contributed by atoms with Crippen molar-refractivity contribution in [3.05, 3.63) is 60.2 Å². The molecule has 1 unspecified atom stereocenters. The topological polar surface area (TPSA) is 38.5 Å². The number of nitrogens with zero attached hydrogens (tertiary/aromatic N) is 1. The first-order valence-electron chi connectivity index (χ1n) is 8.57. The van der Waals surface area contributed by atoms with E-state index in [-0.39, 0.29) is 0 Å². The normalized spacial score (nSPS) is 17.4. The summed E-state index contributed by atoms with van der Waals surface area (Å²) in [5.41, 5.74) is 8.40. The minimum Gasteiger partial charge on any atom is -0.494 e. The zero-order valence-corrected chi connectivity index (χ0v) is 13.7. The van der Waals surface area contributed by atoms with Crippen molar-refractivity contribution >= 4 is 5.69 Å². The van der Waals surface area contributed by atoms with Gasteiger partial charge in [-0.15, -0.1) is 0 Å². The third-order valence-electron chi connectivity index (χ3n) is 4.52. The van der Waals surface area contributed by atoms with Crippen LogP contribution in [-0.2, 0) is 6.42 Å². The fourth-order valence-corrected chi connectivity index (χ4v) is 3.14. The Morgan fingerprint density at radius 1 is 1.09 bits per heavy atom. The molecule has 2 aromatic rings. The molecule has 1 fully saturated rings. The summed E-state index contributed by atoms with van der Waals surface area (Å²) >= 11 is 0. The molecule has 0 spiro atoms. The quantitative estimate of drug-likeness (QED) is 0.796. The number of nitrogens with two attached hydrogens (primary N) is 1. The lowest BCUT2D eigenvalue weighted by Gasteiger charge is -2.19. The van der Waals surface area contributed by atoms with Crippen molar-refractivity contribution in [1.29, 1.82) is 0 Å². The number of rotatable bonds is 7. The zero-order valence-electron chi connectivity index (χ0n) is 13.7. The van der Waals surface area contributed by atoms with Crippen molar-refractivity contribution in [1.82, 2.24) is 0 Å². The van der Waals surface area contributed by atoms with Crippen molar-refractivity contribution in [2.24, 2.45) is 11.7 Å². The maximum Gasteiger partial charge on any atom is 0.121 e. The molecule has 2 N–H and O–H groups in total. The van der Waals surface area contributed by atoms with Gasteiger partial charge in [-0.25, -0.2) is 0 Å². The zero-order chi connectivity index (χ0) is 15.9. The Balaban J connectivity index is 1.48. The molecule has 0 aromatic heterocycles. The molecule has 1 saturated heterocycles. The van der Waals surface area contributed by atoms with E-state index in [1.807, 2.05) is 6.07 Å². The summed E-state index contributed by atoms with van der Waals surface area (Å²) in [6.07, 6.45) is 3.29. The van der Waals surface area contributed by atoms with Gasteiger partial charge in [0.1, 0.15) is 5.75 Å². The van der Waals surface area contributed by atoms with E-state index < -0.39 is 0 Å². The summed E-state index contributed by atoms with van der Waals surface area (Å²) in [4.78, 5) is 2.41. The molecular weight excluding hydrogens is 284 g/mol. The Kier molecular flexibility index (Phi) is 5.54. The largest absolute Gasteiger partial charge is 0.494 e. The summed E-state index contributed by atoms with van der Waals surface area (Å²) in [6.45, 7) is 3.70. The van der Waals surface area contributed by atoms with Gasteiger partial charge >= 0.3 is 0 Å². The second kappa shape index (κ2) is 8.02. The molecule has 3 heteroatoms. The third kappa shape index (κ3) is 4.49. The highest BCUT2D eigenvalue weighted by atomic mass is 16.5. The van der Waals surface area contributed by atoms with Gasteiger partial charge in [0.25, 0.3) is 0 Å². The molecule has 122 valence electrons. The van der Waals surface area contributed by atoms with Crippen LogP contribution in [0.2, 0.25) is 0 Å². The molecule has 0 radical (unpaired) electrons. The van der Waals surface area contributed by atoms with Crippen LogP contribution in [0.25, 0.3) is 0 Å². The number of anilines is 1. The van der Waals surface area contributed by atoms with Crippen molar-refractivity contribution < 1.29 is 4.74 Å². The Morgan fingerprint density at radius 2 is 1.96 bits per heavy atom. The number of benzene rings is 2. The van der Waals surface area contributed by atoms with Crippen LogP contribution in [0.4, 0.5) is 5.69 Å². The smallest absolute Gasteiger partial charge is 0.121 e. The average molecular weight is 310 g/mol. The molecule has 1 heterocycles. The molecule has 0 saturated carbocycles. The Bertz CT molecular complexity index is 600. The summed E-state index contributed by atoms with van der Waals surface area (Å²) in [6, 6.07) is 19.0. The van der Waals surface area contributed by atoms with Crippen LogP contribution >= 0.6 is 0 Å². The molecule has 0 bridgehead atoms. The second-order valence-corrected chi connectivity index (χ2v) is 6.27. The number of aryl methyl sites for hydroxylation is 1. The second-order valence-electron chi connectivity index (χ2n) is 6.27. The molecule has 1 aliphatic heterocycles. The lowest BCUT2D eigenvalue weighted by Crippen LogP contribution is -2.22. The summed E-state index contributed by atoms with van der Waals surface area (Å²) in [5, 5.41) is 0. The van der Waals surface area contributed by atoms with Crippen molar-refractivity contribution in [3.63, 3.8) is 0 Å². The lowest BCUT2D eigenvalue weighted by atomic mass is 10.1. The maximum atomic E-state index is 5.93. The van der Waals surface area contributed by atoms with Gasteiger partial charge in [0.2, 0.25) is 0 Å². The van der Waals surface area contributed by atoms with Gasteiger partial charge in [-0.3, -0.25) is 0 Å². The standard InChI is InChI=1S/C20H26N2O/c21-15-18-11-12-22(16-18)19-9-4-10-20(14-19)23-13-5-8-17-6-2-1-3-7-17/h1-4,6-7,9-10,14,18H,5,8,11-13,15-16,21H2. The molecule has 0 aliphatic carbocycles. The van der Waals surface area contributed by atoms with Crippen LogP contribution in [0.3, 0.4) is 0 Å². The van der Waals surface area contributed by atoms with E-state index in [1.54, 1.807) is 0 Å². The predicted molar refractivity (Wildman–Crippen MR) is 96.1 cm³/mol. The van der Waals surface area contributed by atoms with E-state index in [0.717, 1.165) is 44.8 Å². The van der Waals surface area contributed by atoms with Crippen LogP contribution in [0.1, 0.15) is 18.4 Å². The number of ether oxygens (including phenoxy) is 1. The molecule has 1 atom stereocenters. The van der Waals surface area contributed by atoms with E-state index in [0.29, 0.717) is 5.92 Å². The maximum absolute atomic E-state index is 5.93. The van der Waals surface area contributed by atoms with E-state index in [1.165, 1.54) is 17.7 Å². The highest BCUT2D eigenvalue weighted by Crippen LogP contribution is 2.26. The van der Waals surface area contributed by atoms with Gasteiger partial charge in [0.15, 0.2) is 0 Å². The first kappa shape index (κ1) is 15.9. The fourth-order valence-electron chi connectivity index (χ4n) is 3.14. The summed E-state index contributed by atoms with van der Waals surface area (Å²) in [5.74, 6) is 1.59. The molecule has 3 rings (SSSR count). The summed E-state index contributed by atoms with van der Waals surface area (Å²) < 4.78 is 5.93. The van der Waals surface area contributed by atoms with Gasteiger partial charge in [-0.2, -0.15) is 0 Å². The molecule has 2 aromatic carbocycles. The Hall–Kier alpha value is -2.00. The molecule has 3 nitrogen and oxygen atoms in total. The lowest BCUT2D eigenvalue weighted by molar-refractivity contribution is 0.311. The monoisotopic (exact) mass is 310 g/mol. The fraction of sp³-hybridized carbons (Fsp3) is 0.400. The van der Waals surface area contributed by atoms with Gasteiger partial charge in [0.05, 0.1) is 6.61 Å². The van der Waals surface area contributed by atoms with Gasteiger partial charge in [0, 0.05) is 24.8 Å². The Labute approximate surface area is 139 Å². The highest BCUT2D eigenvalue weighted by molar-refractivity contribution is 5.51. The SMILES string of the molecule is NCC1CCN(c2cccc(OCCCc3ccccc3)c2)C1. The van der Waals surface area contributed by atoms with E-state index in [9.17, 15) is 0 Å². The first-order chi connectivity index (χ1) is 11.3. The van der Waals surface area contributed by atoms with Crippen LogP contribution in [0, 0.1) is 5.92 Å². The first-order valence-corrected chi connectivity index (χ1v) is 8.57. The van der Waals surface area contributed by atoms with E-state index >= 15 is 0 Å². The van der Waals surface area contributed by atoms with Crippen LogP contribution in [-0.4, -0.2) is 26.2 Å². The minimum absolute atomic E-state index is 0.630. The van der Waals surface area contributed by atoms with Crippen molar-refractivity contribution in [2.75, 3.05) is 31.1 Å². The Morgan fingerprint density at radius 3 is 2.74 bits per heavy atom. The minimum atomic E-state index is 0.630. The predicted octanol–water partition coefficient (Wildman–Crippen LogP) is 3.48. The van der Waals surface area contributed by atoms with Crippen LogP contribution < -0.4 is 15.4 Å². The van der Waals surface area contributed by atoms with Crippen molar-refractivity contribution in [2.45, 2.75) is 19.3 Å². The average Bonchev–Trinajstić information content (AvgIpc) is 3.09. The van der Waals surface area contributed by atoms with E-state index in [2.05, 4.69) is 53.4 Å².